The standard InChI is InChI=1S/C25H30FN5O2/c1-14(2)31-13-29-23-20(26)9-18(10-21(23)31)19-11-22(28-12-15(19)3)30-25(33)17-7-5-6-16(8-17)24(32)27-4/h9-14,16-17H,5-8H2,1-4H3,(H,27,32)(H,28,30,33)/t16-,17?/m1/s1. The molecule has 2 N–H and O–H groups in total. The van der Waals surface area contributed by atoms with Crippen molar-refractivity contribution in [2.45, 2.75) is 52.5 Å². The minimum absolute atomic E-state index is 0.0127. The third kappa shape index (κ3) is 4.60. The number of nitrogens with zero attached hydrogens (tertiary/aromatic N) is 3. The number of carbonyl (C=O) groups is 2. The van der Waals surface area contributed by atoms with Crippen molar-refractivity contribution < 1.29 is 14.0 Å². The molecule has 8 heteroatoms. The van der Waals surface area contributed by atoms with Crippen molar-refractivity contribution in [2.75, 3.05) is 12.4 Å². The highest BCUT2D eigenvalue weighted by atomic mass is 19.1. The van der Waals surface area contributed by atoms with Crippen molar-refractivity contribution in [3.8, 4) is 11.1 Å². The average molecular weight is 452 g/mol. The number of pyridine rings is 1. The Balaban J connectivity index is 1.60. The third-order valence-corrected chi connectivity index (χ3v) is 6.52. The first-order chi connectivity index (χ1) is 15.8. The van der Waals surface area contributed by atoms with Crippen LogP contribution in [-0.4, -0.2) is 33.4 Å². The Morgan fingerprint density at radius 3 is 2.55 bits per heavy atom. The van der Waals surface area contributed by atoms with E-state index in [-0.39, 0.29) is 35.5 Å². The summed E-state index contributed by atoms with van der Waals surface area (Å²) in [5.74, 6) is -0.484. The van der Waals surface area contributed by atoms with E-state index in [1.807, 2.05) is 31.4 Å². The normalized spacial score (nSPS) is 18.5. The molecule has 0 aliphatic heterocycles. The van der Waals surface area contributed by atoms with Crippen LogP contribution in [-0.2, 0) is 9.59 Å². The van der Waals surface area contributed by atoms with Gasteiger partial charge in [-0.25, -0.2) is 14.4 Å². The quantitative estimate of drug-likeness (QED) is 0.593. The summed E-state index contributed by atoms with van der Waals surface area (Å²) in [5, 5.41) is 5.59. The lowest BCUT2D eigenvalue weighted by atomic mass is 9.80. The van der Waals surface area contributed by atoms with Crippen LogP contribution in [0.1, 0.15) is 51.1 Å². The molecule has 4 rings (SSSR count). The highest BCUT2D eigenvalue weighted by Crippen LogP contribution is 2.32. The molecule has 2 aromatic heterocycles. The molecule has 33 heavy (non-hydrogen) atoms. The monoisotopic (exact) mass is 451 g/mol. The summed E-state index contributed by atoms with van der Waals surface area (Å²) in [4.78, 5) is 33.5. The Bertz CT molecular complexity index is 1200. The molecule has 1 aromatic carbocycles. The maximum Gasteiger partial charge on any atom is 0.228 e. The number of halogens is 1. The lowest BCUT2D eigenvalue weighted by Gasteiger charge is -2.27. The number of imidazole rings is 1. The van der Waals surface area contributed by atoms with E-state index in [2.05, 4.69) is 20.6 Å². The van der Waals surface area contributed by atoms with Gasteiger partial charge in [0.2, 0.25) is 11.8 Å². The van der Waals surface area contributed by atoms with E-state index >= 15 is 0 Å². The van der Waals surface area contributed by atoms with Gasteiger partial charge in [-0.15, -0.1) is 0 Å². The number of hydrogen-bond donors (Lipinski definition) is 2. The predicted octanol–water partition coefficient (Wildman–Crippen LogP) is 4.62. The fourth-order valence-electron chi connectivity index (χ4n) is 4.66. The highest BCUT2D eigenvalue weighted by molar-refractivity contribution is 5.93. The van der Waals surface area contributed by atoms with Crippen LogP contribution >= 0.6 is 0 Å². The van der Waals surface area contributed by atoms with Gasteiger partial charge in [0.05, 0.1) is 11.8 Å². The number of benzene rings is 1. The van der Waals surface area contributed by atoms with Crippen LogP contribution in [0.5, 0.6) is 0 Å². The Kier molecular flexibility index (Phi) is 6.44. The molecule has 2 heterocycles. The Morgan fingerprint density at radius 1 is 1.12 bits per heavy atom. The van der Waals surface area contributed by atoms with Gasteiger partial charge in [-0.2, -0.15) is 0 Å². The largest absolute Gasteiger partial charge is 0.359 e. The second-order valence-electron chi connectivity index (χ2n) is 9.12. The molecule has 2 amide bonds. The van der Waals surface area contributed by atoms with E-state index in [4.69, 9.17) is 0 Å². The molecule has 1 unspecified atom stereocenters. The number of carbonyl (C=O) groups excluding carboxylic acids is 2. The fourth-order valence-corrected chi connectivity index (χ4v) is 4.66. The number of rotatable bonds is 5. The highest BCUT2D eigenvalue weighted by Gasteiger charge is 2.31. The predicted molar refractivity (Wildman–Crippen MR) is 126 cm³/mol. The maximum atomic E-state index is 14.8. The first-order valence-electron chi connectivity index (χ1n) is 11.4. The van der Waals surface area contributed by atoms with Crippen molar-refractivity contribution in [3.63, 3.8) is 0 Å². The fraction of sp³-hybridized carbons (Fsp3) is 0.440. The number of aryl methyl sites for hydroxylation is 1. The van der Waals surface area contributed by atoms with Crippen molar-refractivity contribution >= 4 is 28.7 Å². The summed E-state index contributed by atoms with van der Waals surface area (Å²) in [6, 6.07) is 5.33. The van der Waals surface area contributed by atoms with Crippen molar-refractivity contribution in [2.24, 2.45) is 11.8 Å². The molecule has 0 bridgehead atoms. The van der Waals surface area contributed by atoms with Gasteiger partial charge in [-0.3, -0.25) is 9.59 Å². The van der Waals surface area contributed by atoms with Crippen molar-refractivity contribution in [3.05, 3.63) is 42.1 Å². The minimum atomic E-state index is -0.383. The maximum absolute atomic E-state index is 14.8. The molecule has 1 aliphatic rings. The topological polar surface area (TPSA) is 88.9 Å². The molecule has 3 aromatic rings. The Morgan fingerprint density at radius 2 is 1.85 bits per heavy atom. The number of amides is 2. The summed E-state index contributed by atoms with van der Waals surface area (Å²) in [6.45, 7) is 5.96. The van der Waals surface area contributed by atoms with Gasteiger partial charge in [0.25, 0.3) is 0 Å². The second-order valence-corrected chi connectivity index (χ2v) is 9.12. The van der Waals surface area contributed by atoms with E-state index in [1.165, 1.54) is 6.07 Å². The van der Waals surface area contributed by atoms with Gasteiger partial charge in [-0.1, -0.05) is 6.42 Å². The molecule has 0 saturated heterocycles. The zero-order valence-electron chi connectivity index (χ0n) is 19.5. The molecule has 174 valence electrons. The number of fused-ring (bicyclic) bond motifs is 1. The zero-order chi connectivity index (χ0) is 23.7. The molecule has 0 radical (unpaired) electrons. The zero-order valence-corrected chi connectivity index (χ0v) is 19.5. The van der Waals surface area contributed by atoms with Crippen LogP contribution in [0.3, 0.4) is 0 Å². The minimum Gasteiger partial charge on any atom is -0.359 e. The Labute approximate surface area is 192 Å². The van der Waals surface area contributed by atoms with Gasteiger partial charge < -0.3 is 15.2 Å². The van der Waals surface area contributed by atoms with Gasteiger partial charge in [0.15, 0.2) is 5.82 Å². The van der Waals surface area contributed by atoms with E-state index in [9.17, 15) is 14.0 Å². The van der Waals surface area contributed by atoms with E-state index < -0.39 is 0 Å². The number of nitrogens with one attached hydrogen (secondary N) is 2. The summed E-state index contributed by atoms with van der Waals surface area (Å²) in [7, 11) is 1.62. The van der Waals surface area contributed by atoms with E-state index in [1.54, 1.807) is 25.6 Å². The van der Waals surface area contributed by atoms with Crippen LogP contribution in [0.4, 0.5) is 10.2 Å². The SMILES string of the molecule is CNC(=O)[C@@H]1CCCC(C(=O)Nc2cc(-c3cc(F)c4ncn(C(C)C)c4c3)c(C)cn2)C1. The summed E-state index contributed by atoms with van der Waals surface area (Å²) in [6.07, 6.45) is 6.26. The second kappa shape index (κ2) is 9.29. The van der Waals surface area contributed by atoms with Crippen LogP contribution in [0.25, 0.3) is 22.2 Å². The first kappa shape index (κ1) is 22.9. The number of aromatic nitrogens is 3. The molecule has 7 nitrogen and oxygen atoms in total. The van der Waals surface area contributed by atoms with Gasteiger partial charge in [-0.05, 0) is 74.9 Å². The molecule has 1 fully saturated rings. The lowest BCUT2D eigenvalue weighted by Crippen LogP contribution is -2.35. The van der Waals surface area contributed by atoms with Gasteiger partial charge >= 0.3 is 0 Å². The van der Waals surface area contributed by atoms with Crippen LogP contribution in [0, 0.1) is 24.6 Å². The summed E-state index contributed by atoms with van der Waals surface area (Å²) in [5.41, 5.74) is 3.44. The molecule has 1 aliphatic carbocycles. The van der Waals surface area contributed by atoms with Crippen molar-refractivity contribution in [1.82, 2.24) is 19.9 Å². The smallest absolute Gasteiger partial charge is 0.228 e. The third-order valence-electron chi connectivity index (χ3n) is 6.52. The molecule has 2 atom stereocenters. The summed E-state index contributed by atoms with van der Waals surface area (Å²) < 4.78 is 16.8. The summed E-state index contributed by atoms with van der Waals surface area (Å²) >= 11 is 0. The molecular formula is C25H30FN5O2. The van der Waals surface area contributed by atoms with Crippen molar-refractivity contribution in [1.29, 1.82) is 0 Å². The van der Waals surface area contributed by atoms with Crippen LogP contribution in [0.2, 0.25) is 0 Å². The average Bonchev–Trinajstić information content (AvgIpc) is 3.25. The van der Waals surface area contributed by atoms with E-state index in [0.717, 1.165) is 35.9 Å². The number of anilines is 1. The number of hydrogen-bond acceptors (Lipinski definition) is 4. The van der Waals surface area contributed by atoms with Crippen LogP contribution in [0.15, 0.2) is 30.7 Å². The van der Waals surface area contributed by atoms with Gasteiger partial charge in [0.1, 0.15) is 11.3 Å². The lowest BCUT2D eigenvalue weighted by molar-refractivity contribution is -0.127. The van der Waals surface area contributed by atoms with Gasteiger partial charge in [0, 0.05) is 31.1 Å². The Hall–Kier alpha value is -3.29. The molecular weight excluding hydrogens is 421 g/mol. The first-order valence-corrected chi connectivity index (χ1v) is 11.4. The van der Waals surface area contributed by atoms with Crippen LogP contribution < -0.4 is 10.6 Å². The molecule has 0 spiro atoms. The van der Waals surface area contributed by atoms with E-state index in [0.29, 0.717) is 23.3 Å². The molecule has 1 saturated carbocycles.